The number of nitrogens with two attached hydrogens (primary N) is 1. The molecule has 1 saturated heterocycles. The van der Waals surface area contributed by atoms with E-state index in [9.17, 15) is 62.7 Å². The highest BCUT2D eigenvalue weighted by molar-refractivity contribution is 8.14. The number of thioether (sulfide) groups is 1. The van der Waals surface area contributed by atoms with Crippen LogP contribution in [0.1, 0.15) is 26.5 Å². The summed E-state index contributed by atoms with van der Waals surface area (Å²) >= 11 is 0.785. The standard InChI is InChI=1S/C27H40N7O20P3S/c1-27(2,21(39)24(40)30-7-6-16(36)29-8-9-58-17(37)5-3-4-14(35)26(41)42)11-51-57(48,49)54-56(46,47)50-10-15-20(53-55(43,44)45)19(38)25(52-15)34-13-33-18-22(28)31-12-32-23(18)34/h3-5,12-13,15,19-21,25,35,38-39H,6-11H2,1-2H3,(H,29,36)(H,30,40)(H,41,42)(H,46,47)(H,48,49)(H2,28,31,32)(H2,43,44,45)/t15-,19-,20-,21+,25-/m1/s1. The van der Waals surface area contributed by atoms with Gasteiger partial charge in [-0.05, 0) is 12.2 Å². The van der Waals surface area contributed by atoms with Crippen molar-refractivity contribution < 1.29 is 95.5 Å². The van der Waals surface area contributed by atoms with Crippen LogP contribution >= 0.6 is 35.2 Å². The minimum atomic E-state index is -5.60. The maximum Gasteiger partial charge on any atom is 0.481 e. The molecule has 0 aliphatic carbocycles. The molecule has 7 atom stereocenters. The molecule has 0 radical (unpaired) electrons. The average Bonchev–Trinajstić information content (AvgIpc) is 3.68. The lowest BCUT2D eigenvalue weighted by atomic mass is 9.87. The molecule has 12 N–H and O–H groups in total. The zero-order valence-electron chi connectivity index (χ0n) is 30.1. The van der Waals surface area contributed by atoms with E-state index >= 15 is 0 Å². The highest BCUT2D eigenvalue weighted by atomic mass is 32.2. The molecule has 58 heavy (non-hydrogen) atoms. The third-order valence-corrected chi connectivity index (χ3v) is 11.4. The number of phosphoric ester groups is 3. The first-order valence-electron chi connectivity index (χ1n) is 16.2. The summed E-state index contributed by atoms with van der Waals surface area (Å²) in [6, 6.07) is 0. The fourth-order valence-corrected chi connectivity index (χ4v) is 8.03. The van der Waals surface area contributed by atoms with Gasteiger partial charge in [-0.1, -0.05) is 31.7 Å². The summed E-state index contributed by atoms with van der Waals surface area (Å²) in [7, 11) is -16.5. The van der Waals surface area contributed by atoms with E-state index in [4.69, 9.17) is 29.7 Å². The van der Waals surface area contributed by atoms with E-state index in [1.165, 1.54) is 13.8 Å². The summed E-state index contributed by atoms with van der Waals surface area (Å²) in [4.78, 5) is 97.6. The van der Waals surface area contributed by atoms with E-state index in [2.05, 4.69) is 34.4 Å². The molecule has 31 heteroatoms. The van der Waals surface area contributed by atoms with Gasteiger partial charge in [-0.3, -0.25) is 32.5 Å². The Morgan fingerprint density at radius 2 is 1.72 bits per heavy atom. The van der Waals surface area contributed by atoms with Crippen molar-refractivity contribution in [3.63, 3.8) is 0 Å². The van der Waals surface area contributed by atoms with E-state index < -0.39 is 101 Å². The van der Waals surface area contributed by atoms with Crippen LogP contribution in [0, 0.1) is 5.41 Å². The van der Waals surface area contributed by atoms with Crippen LogP contribution in [0.25, 0.3) is 11.2 Å². The first-order valence-corrected chi connectivity index (χ1v) is 21.7. The minimum Gasteiger partial charge on any atom is -0.502 e. The molecule has 2 amide bonds. The summed E-state index contributed by atoms with van der Waals surface area (Å²) in [6.45, 7) is 0.101. The second kappa shape index (κ2) is 20.5. The van der Waals surface area contributed by atoms with Crippen LogP contribution < -0.4 is 16.4 Å². The molecule has 324 valence electrons. The van der Waals surface area contributed by atoms with Gasteiger partial charge in [-0.15, -0.1) is 0 Å². The molecule has 2 unspecified atom stereocenters. The Morgan fingerprint density at radius 3 is 2.38 bits per heavy atom. The predicted octanol–water partition coefficient (Wildman–Crippen LogP) is -1.25. The van der Waals surface area contributed by atoms with E-state index in [1.807, 2.05) is 0 Å². The molecule has 1 aliphatic rings. The molecule has 2 aromatic rings. The summed E-state index contributed by atoms with van der Waals surface area (Å²) in [6.07, 6.45) is -4.32. The smallest absolute Gasteiger partial charge is 0.481 e. The predicted molar refractivity (Wildman–Crippen MR) is 195 cm³/mol. The number of carboxylic acid groups (broad SMARTS) is 1. The number of phosphoric acid groups is 3. The van der Waals surface area contributed by atoms with E-state index in [0.717, 1.165) is 47.2 Å². The number of carbonyl (C=O) groups is 4. The number of anilines is 1. The number of imidazole rings is 1. The normalized spacial score (nSPS) is 21.7. The number of aromatic nitrogens is 4. The van der Waals surface area contributed by atoms with E-state index in [-0.39, 0.29) is 42.2 Å². The molecular weight excluding hydrogens is 867 g/mol. The van der Waals surface area contributed by atoms with Crippen LogP contribution in [0.5, 0.6) is 0 Å². The Kier molecular flexibility index (Phi) is 17.2. The zero-order valence-corrected chi connectivity index (χ0v) is 33.6. The Hall–Kier alpha value is -3.69. The Labute approximate surface area is 331 Å². The molecule has 0 aromatic carbocycles. The summed E-state index contributed by atoms with van der Waals surface area (Å²) in [5.74, 6) is -4.04. The summed E-state index contributed by atoms with van der Waals surface area (Å²) < 4.78 is 61.9. The van der Waals surface area contributed by atoms with Crippen molar-refractivity contribution >= 4 is 75.1 Å². The quantitative estimate of drug-likeness (QED) is 0.0216. The van der Waals surface area contributed by atoms with Gasteiger partial charge in [0.25, 0.3) is 0 Å². The van der Waals surface area contributed by atoms with Crippen molar-refractivity contribution in [3.05, 3.63) is 36.6 Å². The zero-order chi connectivity index (χ0) is 43.6. The van der Waals surface area contributed by atoms with Crippen LogP contribution in [0.4, 0.5) is 5.82 Å². The lowest BCUT2D eigenvalue weighted by Crippen LogP contribution is -2.46. The molecular formula is C27H40N7O20P3S. The molecule has 1 aliphatic heterocycles. The number of hydrogen-bond acceptors (Lipinski definition) is 20. The number of aliphatic hydroxyl groups is 3. The van der Waals surface area contributed by atoms with Crippen molar-refractivity contribution in [1.29, 1.82) is 0 Å². The van der Waals surface area contributed by atoms with Gasteiger partial charge in [0.05, 0.1) is 19.5 Å². The van der Waals surface area contributed by atoms with Crippen LogP contribution in [0.2, 0.25) is 0 Å². The van der Waals surface area contributed by atoms with Crippen LogP contribution in [-0.2, 0) is 55.5 Å². The number of rotatable bonds is 22. The molecule has 0 spiro atoms. The molecule has 27 nitrogen and oxygen atoms in total. The number of aliphatic hydroxyl groups excluding tert-OH is 3. The highest BCUT2D eigenvalue weighted by Crippen LogP contribution is 2.61. The number of nitrogens with one attached hydrogen (secondary N) is 2. The highest BCUT2D eigenvalue weighted by Gasteiger charge is 2.50. The average molecular weight is 908 g/mol. The second-order valence-electron chi connectivity index (χ2n) is 12.5. The van der Waals surface area contributed by atoms with Gasteiger partial charge in [0.1, 0.15) is 36.3 Å². The van der Waals surface area contributed by atoms with Crippen LogP contribution in [0.3, 0.4) is 0 Å². The molecule has 1 fully saturated rings. The number of amides is 2. The molecule has 2 aromatic heterocycles. The largest absolute Gasteiger partial charge is 0.502 e. The van der Waals surface area contributed by atoms with Gasteiger partial charge in [-0.2, -0.15) is 4.31 Å². The summed E-state index contributed by atoms with van der Waals surface area (Å²) in [5.41, 5.74) is 4.17. The van der Waals surface area contributed by atoms with Gasteiger partial charge < -0.3 is 61.1 Å². The number of nitrogen functional groups attached to an aromatic ring is 1. The van der Waals surface area contributed by atoms with Crippen LogP contribution in [-0.4, -0.2) is 139 Å². The number of hydrogen-bond donors (Lipinski definition) is 11. The lowest BCUT2D eigenvalue weighted by Gasteiger charge is -2.30. The monoisotopic (exact) mass is 907 g/mol. The van der Waals surface area contributed by atoms with Gasteiger partial charge >= 0.3 is 29.4 Å². The van der Waals surface area contributed by atoms with Crippen molar-refractivity contribution in [3.8, 4) is 0 Å². The number of carbonyl (C=O) groups excluding carboxylic acids is 3. The minimum absolute atomic E-state index is 0.0141. The van der Waals surface area contributed by atoms with E-state index in [0.29, 0.717) is 0 Å². The van der Waals surface area contributed by atoms with Crippen molar-refractivity contribution in [2.45, 2.75) is 50.9 Å². The fourth-order valence-electron chi connectivity index (χ4n) is 4.62. The SMILES string of the molecule is CC(C)(COP(=O)(O)OP(=O)(O)OC[C@H]1O[C@@H](n2cnc3c(N)ncnc32)[C@H](O)[C@@H]1OP(=O)(O)O)[C@@H](O)C(=O)NCCC(=O)NCCSC(=O)C=CC=C(O)C(=O)O. The number of nitrogens with zero attached hydrogens (tertiary/aromatic N) is 4. The van der Waals surface area contributed by atoms with Gasteiger partial charge in [0, 0.05) is 30.7 Å². The van der Waals surface area contributed by atoms with Crippen LogP contribution in [0.15, 0.2) is 36.6 Å². The van der Waals surface area contributed by atoms with Crippen molar-refractivity contribution in [2.75, 3.05) is 37.8 Å². The van der Waals surface area contributed by atoms with Gasteiger partial charge in [0.2, 0.25) is 22.7 Å². The second-order valence-corrected chi connectivity index (χ2v) is 17.8. The Balaban J connectivity index is 1.47. The van der Waals surface area contributed by atoms with Gasteiger partial charge in [0.15, 0.2) is 17.7 Å². The Morgan fingerprint density at radius 1 is 1.05 bits per heavy atom. The first kappa shape index (κ1) is 48.7. The number of aliphatic carboxylic acids is 1. The van der Waals surface area contributed by atoms with Crippen molar-refractivity contribution in [1.82, 2.24) is 30.2 Å². The topological polar surface area (TPSA) is 421 Å². The number of ether oxygens (including phenoxy) is 1. The molecule has 0 saturated carbocycles. The lowest BCUT2D eigenvalue weighted by molar-refractivity contribution is -0.137. The van der Waals surface area contributed by atoms with Gasteiger partial charge in [-0.25, -0.2) is 33.4 Å². The molecule has 3 heterocycles. The van der Waals surface area contributed by atoms with Crippen molar-refractivity contribution in [2.24, 2.45) is 5.41 Å². The number of fused-ring (bicyclic) bond motifs is 1. The summed E-state index contributed by atoms with van der Waals surface area (Å²) in [5, 5.41) is 43.2. The third-order valence-electron chi connectivity index (χ3n) is 7.45. The number of allylic oxidation sites excluding steroid dienone is 2. The Bertz CT molecular complexity index is 2030. The number of carboxylic acids is 1. The maximum absolute atomic E-state index is 12.7. The third kappa shape index (κ3) is 14.8. The fraction of sp³-hybridized carbons (Fsp3) is 0.519. The molecule has 3 rings (SSSR count). The first-order chi connectivity index (χ1) is 26.8. The van der Waals surface area contributed by atoms with E-state index in [1.54, 1.807) is 0 Å². The maximum atomic E-state index is 12.7. The molecule has 0 bridgehead atoms.